The minimum atomic E-state index is -1.80. The Bertz CT molecular complexity index is 1930. The maximum Gasteiger partial charge on any atom is 0.278 e. The van der Waals surface area contributed by atoms with E-state index < -0.39 is 11.5 Å². The third kappa shape index (κ3) is 4.91. The summed E-state index contributed by atoms with van der Waals surface area (Å²) in [6, 6.07) is 8.77. The van der Waals surface area contributed by atoms with E-state index in [2.05, 4.69) is 33.7 Å². The molecular weight excluding hydrogens is 583 g/mol. The van der Waals surface area contributed by atoms with Crippen LogP contribution in [0.5, 0.6) is 0 Å². The molecule has 240 valence electrons. The number of aliphatic hydroxyl groups is 1. The van der Waals surface area contributed by atoms with Gasteiger partial charge in [0.2, 0.25) is 5.95 Å². The van der Waals surface area contributed by atoms with Gasteiger partial charge in [-0.05, 0) is 107 Å². The zero-order chi connectivity index (χ0) is 32.6. The number of piperidine rings is 2. The van der Waals surface area contributed by atoms with Crippen LogP contribution in [0.3, 0.4) is 0 Å². The molecule has 1 aromatic carbocycles. The molecule has 8 rings (SSSR count). The second-order valence-electron chi connectivity index (χ2n) is 13.8. The zero-order valence-electron chi connectivity index (χ0n) is 27.3. The first-order chi connectivity index (χ1) is 22.6. The number of halogens is 1. The summed E-state index contributed by atoms with van der Waals surface area (Å²) in [5.74, 6) is 0.256. The standard InChI is InChI=1S/C35H41FN8O2/c1-3-16-43-32(46)25-22-37-33(40-31(25)44(43)28-7-4-23-8-9-35(10-11-35)30(45)29(23)39-28)38-24-5-6-27(26(36)21-24)42-19-14-34(15-20-42)12-17-41(2)18-13-34/h3-7,21-22,30,45H,1,8-20H2,2H3,(H,37,38,40)/i30D. The number of pyridine rings is 1. The average molecular weight is 626 g/mol. The number of nitrogens with zero attached hydrogens (tertiary/aromatic N) is 7. The molecule has 46 heavy (non-hydrogen) atoms. The molecule has 0 bridgehead atoms. The van der Waals surface area contributed by atoms with E-state index in [9.17, 15) is 9.90 Å². The molecule has 2 aliphatic carbocycles. The van der Waals surface area contributed by atoms with Crippen molar-refractivity contribution < 1.29 is 10.9 Å². The number of aromatic nitrogens is 5. The molecule has 3 fully saturated rings. The normalized spacial score (nSPS) is 23.8. The third-order valence-corrected chi connectivity index (χ3v) is 11.0. The first-order valence-corrected chi connectivity index (χ1v) is 16.4. The summed E-state index contributed by atoms with van der Waals surface area (Å²) in [7, 11) is 2.18. The first kappa shape index (κ1) is 28.2. The number of fused-ring (bicyclic) bond motifs is 2. The van der Waals surface area contributed by atoms with Crippen LogP contribution in [0, 0.1) is 16.6 Å². The SMILES string of the molecule is [2H]C1(O)c2nc(-n3c4nc(Nc5ccc(N6CCC7(CCN(C)CC7)CC6)c(F)c5)ncc4c(=O)n3CC=C)ccc2CCC12CC2. The molecular formula is C35H41FN8O2. The van der Waals surface area contributed by atoms with E-state index in [0.29, 0.717) is 33.9 Å². The smallest absolute Gasteiger partial charge is 0.278 e. The topological polar surface area (TPSA) is 104 Å². The van der Waals surface area contributed by atoms with Gasteiger partial charge >= 0.3 is 0 Å². The number of allylic oxidation sites excluding steroid dienone is 1. The third-order valence-electron chi connectivity index (χ3n) is 11.0. The zero-order valence-corrected chi connectivity index (χ0v) is 26.3. The van der Waals surface area contributed by atoms with Crippen LogP contribution in [0.2, 0.25) is 0 Å². The summed E-state index contributed by atoms with van der Waals surface area (Å²) in [5, 5.41) is 14.7. The van der Waals surface area contributed by atoms with Gasteiger partial charge < -0.3 is 20.2 Å². The average Bonchev–Trinajstić information content (AvgIpc) is 3.82. The molecule has 1 atom stereocenters. The highest BCUT2D eigenvalue weighted by Gasteiger charge is 2.52. The van der Waals surface area contributed by atoms with Gasteiger partial charge in [0.25, 0.3) is 5.56 Å². The van der Waals surface area contributed by atoms with Crippen molar-refractivity contribution >= 4 is 28.4 Å². The fraction of sp³-hybridized carbons (Fsp3) is 0.486. The lowest BCUT2D eigenvalue weighted by Gasteiger charge is -2.46. The van der Waals surface area contributed by atoms with E-state index in [1.807, 2.05) is 18.2 Å². The molecule has 0 amide bonds. The lowest BCUT2D eigenvalue weighted by molar-refractivity contribution is 0.0734. The molecule has 2 aliphatic heterocycles. The number of nitrogens with one attached hydrogen (secondary N) is 1. The van der Waals surface area contributed by atoms with Crippen LogP contribution in [-0.4, -0.2) is 67.5 Å². The maximum atomic E-state index is 15.5. The molecule has 4 aliphatic rings. The second kappa shape index (κ2) is 11.0. The number of rotatable bonds is 6. The van der Waals surface area contributed by atoms with E-state index in [-0.39, 0.29) is 29.3 Å². The van der Waals surface area contributed by atoms with Gasteiger partial charge in [-0.3, -0.25) is 4.79 Å². The van der Waals surface area contributed by atoms with Crippen LogP contribution < -0.4 is 15.8 Å². The number of hydrogen-bond donors (Lipinski definition) is 2. The Morgan fingerprint density at radius 1 is 1.09 bits per heavy atom. The van der Waals surface area contributed by atoms with Gasteiger partial charge in [-0.25, -0.2) is 23.7 Å². The summed E-state index contributed by atoms with van der Waals surface area (Å²) < 4.78 is 27.5. The Morgan fingerprint density at radius 3 is 2.57 bits per heavy atom. The van der Waals surface area contributed by atoms with Crippen molar-refractivity contribution in [2.45, 2.75) is 64.0 Å². The summed E-state index contributed by atoms with van der Waals surface area (Å²) in [5.41, 5.74) is 2.19. The van der Waals surface area contributed by atoms with Crippen molar-refractivity contribution in [3.05, 3.63) is 76.6 Å². The molecule has 5 heterocycles. The molecule has 2 N–H and O–H groups in total. The highest BCUT2D eigenvalue weighted by Crippen LogP contribution is 2.60. The monoisotopic (exact) mass is 625 g/mol. The summed E-state index contributed by atoms with van der Waals surface area (Å²) >= 11 is 0. The Morgan fingerprint density at radius 2 is 1.85 bits per heavy atom. The first-order valence-electron chi connectivity index (χ1n) is 16.9. The van der Waals surface area contributed by atoms with Crippen molar-refractivity contribution in [3.63, 3.8) is 0 Å². The van der Waals surface area contributed by atoms with Crippen LogP contribution in [0.15, 0.2) is 54.0 Å². The van der Waals surface area contributed by atoms with Crippen LogP contribution in [0.4, 0.5) is 21.7 Å². The molecule has 1 saturated carbocycles. The minimum Gasteiger partial charge on any atom is -0.386 e. The predicted octanol–water partition coefficient (Wildman–Crippen LogP) is 5.12. The number of aryl methyl sites for hydroxylation is 1. The summed E-state index contributed by atoms with van der Waals surface area (Å²) in [6.07, 6.45) is 8.97. The Kier molecular flexibility index (Phi) is 6.74. The molecule has 1 unspecified atom stereocenters. The molecule has 2 spiro atoms. The molecule has 10 nitrogen and oxygen atoms in total. The van der Waals surface area contributed by atoms with Crippen molar-refractivity contribution in [1.82, 2.24) is 29.2 Å². The molecule has 2 saturated heterocycles. The highest BCUT2D eigenvalue weighted by molar-refractivity contribution is 5.77. The minimum absolute atomic E-state index is 0.188. The van der Waals surface area contributed by atoms with Crippen LogP contribution in [0.1, 0.15) is 63.7 Å². The van der Waals surface area contributed by atoms with Gasteiger partial charge in [0.15, 0.2) is 11.5 Å². The van der Waals surface area contributed by atoms with Gasteiger partial charge in [0.1, 0.15) is 17.3 Å². The number of benzene rings is 1. The van der Waals surface area contributed by atoms with Crippen LogP contribution >= 0.6 is 0 Å². The number of anilines is 3. The summed E-state index contributed by atoms with van der Waals surface area (Å²) in [6.45, 7) is 7.97. The maximum absolute atomic E-state index is 15.5. The fourth-order valence-electron chi connectivity index (χ4n) is 7.78. The van der Waals surface area contributed by atoms with Gasteiger partial charge in [-0.15, -0.1) is 6.58 Å². The van der Waals surface area contributed by atoms with E-state index in [4.69, 9.17) is 11.3 Å². The lowest BCUT2D eigenvalue weighted by atomic mass is 9.71. The fourth-order valence-corrected chi connectivity index (χ4v) is 7.78. The number of hydrogen-bond acceptors (Lipinski definition) is 8. The van der Waals surface area contributed by atoms with Crippen molar-refractivity contribution in [3.8, 4) is 5.82 Å². The lowest BCUT2D eigenvalue weighted by Crippen LogP contribution is -2.46. The van der Waals surface area contributed by atoms with E-state index in [1.54, 1.807) is 16.8 Å². The van der Waals surface area contributed by atoms with Gasteiger partial charge in [-0.1, -0.05) is 12.1 Å². The van der Waals surface area contributed by atoms with Crippen molar-refractivity contribution in [1.29, 1.82) is 0 Å². The highest BCUT2D eigenvalue weighted by atomic mass is 19.1. The number of likely N-dealkylation sites (tertiary alicyclic amines) is 1. The van der Waals surface area contributed by atoms with Crippen molar-refractivity contribution in [2.24, 2.45) is 10.8 Å². The largest absolute Gasteiger partial charge is 0.386 e. The van der Waals surface area contributed by atoms with E-state index in [0.717, 1.165) is 70.3 Å². The van der Waals surface area contributed by atoms with E-state index >= 15 is 4.39 Å². The quantitative estimate of drug-likeness (QED) is 0.285. The molecule has 4 aromatic rings. The predicted molar refractivity (Wildman–Crippen MR) is 176 cm³/mol. The van der Waals surface area contributed by atoms with Crippen LogP contribution in [-0.2, 0) is 13.0 Å². The van der Waals surface area contributed by atoms with E-state index in [1.165, 1.54) is 29.8 Å². The second-order valence-corrected chi connectivity index (χ2v) is 13.8. The Balaban J connectivity index is 1.08. The molecule has 3 aromatic heterocycles. The summed E-state index contributed by atoms with van der Waals surface area (Å²) in [4.78, 5) is 31.9. The Labute approximate surface area is 269 Å². The van der Waals surface area contributed by atoms with Gasteiger partial charge in [0, 0.05) is 30.4 Å². The van der Waals surface area contributed by atoms with Crippen LogP contribution in [0.25, 0.3) is 16.9 Å². The van der Waals surface area contributed by atoms with Crippen molar-refractivity contribution in [2.75, 3.05) is 43.4 Å². The Hall–Kier alpha value is -4.09. The molecule has 0 radical (unpaired) electrons. The van der Waals surface area contributed by atoms with Gasteiger partial charge in [-0.2, -0.15) is 4.98 Å². The van der Waals surface area contributed by atoms with Gasteiger partial charge in [0.05, 0.1) is 19.3 Å². The molecule has 11 heteroatoms.